The number of carbonyl (C=O) groups excluding carboxylic acids is 4. The summed E-state index contributed by atoms with van der Waals surface area (Å²) < 4.78 is 0. The summed E-state index contributed by atoms with van der Waals surface area (Å²) in [7, 11) is 0. The molecule has 1 fully saturated rings. The molecule has 178 valence electrons. The summed E-state index contributed by atoms with van der Waals surface area (Å²) in [5.41, 5.74) is 0.643. The van der Waals surface area contributed by atoms with Crippen LogP contribution in [0.15, 0.2) is 30.4 Å². The minimum atomic E-state index is -0.775. The van der Waals surface area contributed by atoms with Crippen molar-refractivity contribution in [3.8, 4) is 0 Å². The lowest BCUT2D eigenvalue weighted by Crippen LogP contribution is -2.49. The van der Waals surface area contributed by atoms with Gasteiger partial charge in [-0.1, -0.05) is 41.4 Å². The second-order valence-corrected chi connectivity index (χ2v) is 9.67. The number of nitrogens with one attached hydrogen (secondary N) is 1. The van der Waals surface area contributed by atoms with Crippen LogP contribution < -0.4 is 5.32 Å². The zero-order chi connectivity index (χ0) is 24.3. The van der Waals surface area contributed by atoms with Gasteiger partial charge in [0.25, 0.3) is 0 Å². The predicted octanol–water partition coefficient (Wildman–Crippen LogP) is 3.58. The van der Waals surface area contributed by atoms with Crippen molar-refractivity contribution in [1.82, 2.24) is 15.1 Å². The number of rotatable bonds is 8. The molecular formula is C24H29Cl2N3O4. The number of hydrogen-bond donors (Lipinski definition) is 1. The zero-order valence-corrected chi connectivity index (χ0v) is 20.5. The van der Waals surface area contributed by atoms with Gasteiger partial charge in [0.1, 0.15) is 6.04 Å². The van der Waals surface area contributed by atoms with E-state index in [9.17, 15) is 19.2 Å². The molecule has 3 atom stereocenters. The number of benzene rings is 1. The summed E-state index contributed by atoms with van der Waals surface area (Å²) in [4.78, 5) is 54.0. The van der Waals surface area contributed by atoms with Crippen LogP contribution in [-0.4, -0.2) is 52.1 Å². The standard InChI is InChI=1S/C24H29Cl2N3O4/c1-14(2)27-22(31)15(3)29(13-16-8-9-17(25)12-20(16)26)21(30)10-11-28-23(32)18-6-4-5-7-19(18)24(28)33/h4-5,8-9,12,14-15,18-19H,6-7,10-11,13H2,1-3H3,(H,27,31)/t15-,18-,19+/m1/s1. The van der Waals surface area contributed by atoms with Crippen LogP contribution in [0.4, 0.5) is 0 Å². The molecule has 33 heavy (non-hydrogen) atoms. The molecule has 3 rings (SSSR count). The Morgan fingerprint density at radius 2 is 1.70 bits per heavy atom. The van der Waals surface area contributed by atoms with Crippen LogP contribution in [0.5, 0.6) is 0 Å². The molecule has 4 amide bonds. The highest BCUT2D eigenvalue weighted by Gasteiger charge is 2.47. The Kier molecular flexibility index (Phi) is 8.19. The van der Waals surface area contributed by atoms with E-state index in [0.29, 0.717) is 28.5 Å². The third-order valence-corrected chi connectivity index (χ3v) is 6.69. The van der Waals surface area contributed by atoms with Gasteiger partial charge >= 0.3 is 0 Å². The van der Waals surface area contributed by atoms with E-state index < -0.39 is 6.04 Å². The summed E-state index contributed by atoms with van der Waals surface area (Å²) >= 11 is 12.3. The van der Waals surface area contributed by atoms with E-state index in [-0.39, 0.29) is 61.0 Å². The molecule has 0 bridgehead atoms. The van der Waals surface area contributed by atoms with E-state index in [1.54, 1.807) is 25.1 Å². The van der Waals surface area contributed by atoms with Crippen molar-refractivity contribution in [2.45, 2.75) is 58.7 Å². The molecule has 0 unspecified atom stereocenters. The average molecular weight is 494 g/mol. The maximum absolute atomic E-state index is 13.3. The Balaban J connectivity index is 1.75. The molecule has 1 aromatic carbocycles. The van der Waals surface area contributed by atoms with Crippen LogP contribution in [0, 0.1) is 11.8 Å². The second-order valence-electron chi connectivity index (χ2n) is 8.83. The fraction of sp³-hybridized carbons (Fsp3) is 0.500. The van der Waals surface area contributed by atoms with Gasteiger partial charge in [0.05, 0.1) is 11.8 Å². The number of halogens is 2. The molecule has 9 heteroatoms. The first kappa shape index (κ1) is 25.2. The number of fused-ring (bicyclic) bond motifs is 1. The first-order valence-electron chi connectivity index (χ1n) is 11.1. The fourth-order valence-corrected chi connectivity index (χ4v) is 4.73. The fourth-order valence-electron chi connectivity index (χ4n) is 4.26. The van der Waals surface area contributed by atoms with Crippen LogP contribution >= 0.6 is 23.2 Å². The molecule has 2 aliphatic rings. The topological polar surface area (TPSA) is 86.8 Å². The lowest BCUT2D eigenvalue weighted by molar-refractivity contribution is -0.143. The highest BCUT2D eigenvalue weighted by molar-refractivity contribution is 6.35. The number of hydrogen-bond acceptors (Lipinski definition) is 4. The lowest BCUT2D eigenvalue weighted by atomic mass is 9.85. The quantitative estimate of drug-likeness (QED) is 0.442. The number of imide groups is 1. The zero-order valence-electron chi connectivity index (χ0n) is 19.0. The highest BCUT2D eigenvalue weighted by atomic mass is 35.5. The van der Waals surface area contributed by atoms with E-state index in [4.69, 9.17) is 23.2 Å². The number of likely N-dealkylation sites (tertiary alicyclic amines) is 1. The summed E-state index contributed by atoms with van der Waals surface area (Å²) in [5.74, 6) is -1.76. The van der Waals surface area contributed by atoms with E-state index in [1.165, 1.54) is 9.80 Å². The van der Waals surface area contributed by atoms with E-state index in [0.717, 1.165) is 0 Å². The van der Waals surface area contributed by atoms with Gasteiger partial charge < -0.3 is 10.2 Å². The molecule has 1 N–H and O–H groups in total. The van der Waals surface area contributed by atoms with Gasteiger partial charge in [0, 0.05) is 35.6 Å². The average Bonchev–Trinajstić information content (AvgIpc) is 3.00. The lowest BCUT2D eigenvalue weighted by Gasteiger charge is -2.30. The smallest absolute Gasteiger partial charge is 0.242 e. The minimum Gasteiger partial charge on any atom is -0.352 e. The van der Waals surface area contributed by atoms with E-state index >= 15 is 0 Å². The Labute approximate surface area is 204 Å². The Hall–Kier alpha value is -2.38. The number of amides is 4. The number of nitrogens with zero attached hydrogens (tertiary/aromatic N) is 2. The number of carbonyl (C=O) groups is 4. The van der Waals surface area contributed by atoms with Crippen molar-refractivity contribution >= 4 is 46.8 Å². The molecule has 0 saturated carbocycles. The van der Waals surface area contributed by atoms with Crippen molar-refractivity contribution in [2.24, 2.45) is 11.8 Å². The molecular weight excluding hydrogens is 465 g/mol. The van der Waals surface area contributed by atoms with Crippen molar-refractivity contribution in [3.05, 3.63) is 46.0 Å². The SMILES string of the molecule is CC(C)NC(=O)[C@@H](C)N(Cc1ccc(Cl)cc1Cl)C(=O)CCN1C(=O)[C@H]2CC=CC[C@H]2C1=O. The predicted molar refractivity (Wildman–Crippen MR) is 126 cm³/mol. The summed E-state index contributed by atoms with van der Waals surface area (Å²) in [5, 5.41) is 3.67. The van der Waals surface area contributed by atoms with Crippen molar-refractivity contribution < 1.29 is 19.2 Å². The van der Waals surface area contributed by atoms with Gasteiger partial charge in [-0.05, 0) is 51.3 Å². The first-order valence-corrected chi connectivity index (χ1v) is 11.9. The van der Waals surface area contributed by atoms with Gasteiger partial charge in [-0.2, -0.15) is 0 Å². The molecule has 0 aromatic heterocycles. The third kappa shape index (κ3) is 5.76. The summed E-state index contributed by atoms with van der Waals surface area (Å²) in [6, 6.07) is 4.10. The third-order valence-electron chi connectivity index (χ3n) is 6.10. The second kappa shape index (κ2) is 10.7. The molecule has 7 nitrogen and oxygen atoms in total. The van der Waals surface area contributed by atoms with Crippen molar-refractivity contribution in [3.63, 3.8) is 0 Å². The highest BCUT2D eigenvalue weighted by Crippen LogP contribution is 2.35. The normalized spacial score (nSPS) is 20.7. The molecule has 1 aromatic rings. The molecule has 1 aliphatic carbocycles. The molecule has 1 aliphatic heterocycles. The van der Waals surface area contributed by atoms with E-state index in [1.807, 2.05) is 26.0 Å². The maximum atomic E-state index is 13.3. The summed E-state index contributed by atoms with van der Waals surface area (Å²) in [6.07, 6.45) is 4.87. The molecule has 0 spiro atoms. The van der Waals surface area contributed by atoms with Crippen molar-refractivity contribution in [2.75, 3.05) is 6.54 Å². The van der Waals surface area contributed by atoms with Gasteiger partial charge in [-0.3, -0.25) is 24.1 Å². The first-order chi connectivity index (χ1) is 15.6. The van der Waals surface area contributed by atoms with Gasteiger partial charge in [-0.15, -0.1) is 0 Å². The van der Waals surface area contributed by atoms with Crippen LogP contribution in [0.3, 0.4) is 0 Å². The molecule has 0 radical (unpaired) electrons. The Morgan fingerprint density at radius 1 is 1.09 bits per heavy atom. The van der Waals surface area contributed by atoms with Gasteiger partial charge in [-0.25, -0.2) is 0 Å². The van der Waals surface area contributed by atoms with Crippen LogP contribution in [-0.2, 0) is 25.7 Å². The summed E-state index contributed by atoms with van der Waals surface area (Å²) in [6.45, 7) is 5.41. The molecule has 1 heterocycles. The van der Waals surface area contributed by atoms with Gasteiger partial charge in [0.15, 0.2) is 0 Å². The monoisotopic (exact) mass is 493 g/mol. The van der Waals surface area contributed by atoms with Crippen LogP contribution in [0.2, 0.25) is 10.0 Å². The van der Waals surface area contributed by atoms with Crippen LogP contribution in [0.25, 0.3) is 0 Å². The maximum Gasteiger partial charge on any atom is 0.242 e. The number of allylic oxidation sites excluding steroid dienone is 2. The Morgan fingerprint density at radius 3 is 2.24 bits per heavy atom. The molecule has 1 saturated heterocycles. The van der Waals surface area contributed by atoms with Crippen LogP contribution in [0.1, 0.15) is 45.6 Å². The van der Waals surface area contributed by atoms with Gasteiger partial charge in [0.2, 0.25) is 23.6 Å². The van der Waals surface area contributed by atoms with E-state index in [2.05, 4.69) is 5.32 Å². The largest absolute Gasteiger partial charge is 0.352 e. The van der Waals surface area contributed by atoms with Crippen molar-refractivity contribution in [1.29, 1.82) is 0 Å². The minimum absolute atomic E-state index is 0.00707. The Bertz CT molecular complexity index is 952.